The molecule has 35 heavy (non-hydrogen) atoms. The summed E-state index contributed by atoms with van der Waals surface area (Å²) in [6, 6.07) is 33.9. The van der Waals surface area contributed by atoms with Gasteiger partial charge < -0.3 is 10.1 Å². The van der Waals surface area contributed by atoms with Crippen molar-refractivity contribution in [3.8, 4) is 11.5 Å². The fraction of sp³-hybridized carbons (Fsp3) is 0.103. The van der Waals surface area contributed by atoms with Gasteiger partial charge in [0.1, 0.15) is 11.5 Å². The van der Waals surface area contributed by atoms with Crippen molar-refractivity contribution in [1.29, 1.82) is 0 Å². The van der Waals surface area contributed by atoms with Crippen LogP contribution in [0.15, 0.2) is 120 Å². The molecule has 1 N–H and O–H groups in total. The minimum atomic E-state index is -3.67. The van der Waals surface area contributed by atoms with E-state index < -0.39 is 10.0 Å². The number of ether oxygens (including phenoxy) is 1. The number of fused-ring (bicyclic) bond motifs is 1. The van der Waals surface area contributed by atoms with Gasteiger partial charge in [-0.1, -0.05) is 66.7 Å². The average molecular weight is 483 g/mol. The van der Waals surface area contributed by atoms with Crippen molar-refractivity contribution in [3.63, 3.8) is 0 Å². The normalized spacial score (nSPS) is 11.5. The van der Waals surface area contributed by atoms with E-state index in [4.69, 9.17) is 4.74 Å². The maximum Gasteiger partial charge on any atom is 0.268 e. The molecule has 0 unspecified atom stereocenters. The molecule has 0 radical (unpaired) electrons. The van der Waals surface area contributed by atoms with Crippen LogP contribution in [-0.4, -0.2) is 18.9 Å². The Bertz CT molecular complexity index is 1530. The van der Waals surface area contributed by atoms with Crippen molar-refractivity contribution >= 4 is 20.9 Å². The largest absolute Gasteiger partial charge is 0.457 e. The van der Waals surface area contributed by atoms with Crippen LogP contribution in [0.25, 0.3) is 10.9 Å². The van der Waals surface area contributed by atoms with Crippen molar-refractivity contribution in [2.24, 2.45) is 0 Å². The number of aromatic nitrogens is 1. The molecule has 5 rings (SSSR count). The van der Waals surface area contributed by atoms with Crippen molar-refractivity contribution in [2.45, 2.75) is 17.9 Å². The Morgan fingerprint density at radius 1 is 0.743 bits per heavy atom. The highest BCUT2D eigenvalue weighted by Gasteiger charge is 2.20. The first-order valence-corrected chi connectivity index (χ1v) is 13.0. The van der Waals surface area contributed by atoms with E-state index >= 15 is 0 Å². The Labute approximate surface area is 205 Å². The van der Waals surface area contributed by atoms with E-state index in [1.807, 2.05) is 78.9 Å². The number of nitrogens with one attached hydrogen (secondary N) is 1. The van der Waals surface area contributed by atoms with Gasteiger partial charge in [0.2, 0.25) is 0 Å². The predicted octanol–water partition coefficient (Wildman–Crippen LogP) is 6.00. The molecule has 0 amide bonds. The van der Waals surface area contributed by atoms with Crippen LogP contribution in [0.4, 0.5) is 0 Å². The molecule has 5 nitrogen and oxygen atoms in total. The number of para-hydroxylation sites is 2. The smallest absolute Gasteiger partial charge is 0.268 e. The molecule has 5 aromatic rings. The zero-order valence-electron chi connectivity index (χ0n) is 19.2. The van der Waals surface area contributed by atoms with Gasteiger partial charge in [-0.05, 0) is 66.6 Å². The zero-order chi connectivity index (χ0) is 24.1. The molecular weight excluding hydrogens is 456 g/mol. The first-order chi connectivity index (χ1) is 17.1. The third kappa shape index (κ3) is 5.14. The Morgan fingerprint density at radius 2 is 1.43 bits per heavy atom. The van der Waals surface area contributed by atoms with Crippen LogP contribution >= 0.6 is 0 Å². The Balaban J connectivity index is 1.27. The second-order valence-corrected chi connectivity index (χ2v) is 10.1. The third-order valence-electron chi connectivity index (χ3n) is 5.84. The summed E-state index contributed by atoms with van der Waals surface area (Å²) in [6.07, 6.45) is 2.46. The molecular formula is C29H26N2O3S. The second kappa shape index (κ2) is 10.2. The van der Waals surface area contributed by atoms with Gasteiger partial charge >= 0.3 is 0 Å². The Kier molecular flexibility index (Phi) is 6.66. The summed E-state index contributed by atoms with van der Waals surface area (Å²) < 4.78 is 33.9. The topological polar surface area (TPSA) is 60.3 Å². The van der Waals surface area contributed by atoms with Gasteiger partial charge in [-0.2, -0.15) is 0 Å². The molecule has 0 aliphatic carbocycles. The van der Waals surface area contributed by atoms with E-state index in [-0.39, 0.29) is 4.90 Å². The number of rotatable bonds is 9. The molecule has 0 saturated carbocycles. The van der Waals surface area contributed by atoms with E-state index in [1.54, 1.807) is 30.5 Å². The van der Waals surface area contributed by atoms with Crippen molar-refractivity contribution < 1.29 is 13.2 Å². The molecule has 0 bridgehead atoms. The molecule has 0 aliphatic heterocycles. The summed E-state index contributed by atoms with van der Waals surface area (Å²) in [5.41, 5.74) is 2.80. The quantitative estimate of drug-likeness (QED) is 0.262. The monoisotopic (exact) mass is 482 g/mol. The van der Waals surface area contributed by atoms with Gasteiger partial charge in [-0.25, -0.2) is 12.4 Å². The van der Waals surface area contributed by atoms with Crippen LogP contribution in [0, 0.1) is 0 Å². The fourth-order valence-corrected chi connectivity index (χ4v) is 5.53. The second-order valence-electron chi connectivity index (χ2n) is 8.27. The van der Waals surface area contributed by atoms with Crippen molar-refractivity contribution in [3.05, 3.63) is 127 Å². The molecule has 0 fully saturated rings. The summed E-state index contributed by atoms with van der Waals surface area (Å²) in [7, 11) is -3.67. The highest BCUT2D eigenvalue weighted by molar-refractivity contribution is 7.90. The zero-order valence-corrected chi connectivity index (χ0v) is 20.0. The van der Waals surface area contributed by atoms with Gasteiger partial charge in [0, 0.05) is 18.1 Å². The van der Waals surface area contributed by atoms with Gasteiger partial charge in [-0.15, -0.1) is 0 Å². The molecule has 0 atom stereocenters. The molecule has 0 aliphatic rings. The van der Waals surface area contributed by atoms with Crippen molar-refractivity contribution in [2.75, 3.05) is 6.54 Å². The lowest BCUT2D eigenvalue weighted by molar-refractivity contribution is 0.481. The Hall–Kier alpha value is -3.87. The maximum absolute atomic E-state index is 13.3. The predicted molar refractivity (Wildman–Crippen MR) is 139 cm³/mol. The van der Waals surface area contributed by atoms with Crippen molar-refractivity contribution in [1.82, 2.24) is 9.29 Å². The summed E-state index contributed by atoms with van der Waals surface area (Å²) in [5, 5.41) is 4.42. The Morgan fingerprint density at radius 3 is 2.23 bits per heavy atom. The molecule has 0 spiro atoms. The van der Waals surface area contributed by atoms with E-state index in [0.29, 0.717) is 25.0 Å². The number of hydrogen-bond acceptors (Lipinski definition) is 4. The lowest BCUT2D eigenvalue weighted by Gasteiger charge is -2.09. The number of nitrogens with zero attached hydrogens (tertiary/aromatic N) is 1. The van der Waals surface area contributed by atoms with Crippen LogP contribution < -0.4 is 10.1 Å². The third-order valence-corrected chi connectivity index (χ3v) is 7.53. The SMILES string of the molecule is O=S(=O)(c1ccccc1)n1cc(CCNCc2cccc(Oc3ccccc3)c2)c2ccccc21. The highest BCUT2D eigenvalue weighted by atomic mass is 32.2. The van der Waals surface area contributed by atoms with Gasteiger partial charge in [0.05, 0.1) is 10.4 Å². The first kappa shape index (κ1) is 22.9. The summed E-state index contributed by atoms with van der Waals surface area (Å²) in [6.45, 7) is 1.40. The minimum Gasteiger partial charge on any atom is -0.457 e. The molecule has 4 aromatic carbocycles. The van der Waals surface area contributed by atoms with E-state index in [2.05, 4.69) is 11.4 Å². The standard InChI is InChI=1S/C29H26N2O3S/c32-35(33,27-14-5-2-6-15-27)31-22-24(28-16-7-8-17-29(28)31)18-19-30-21-23-10-9-13-26(20-23)34-25-11-3-1-4-12-25/h1-17,20,22,30H,18-19,21H2. The van der Waals surface area contributed by atoms with Crippen LogP contribution in [0.2, 0.25) is 0 Å². The first-order valence-electron chi connectivity index (χ1n) is 11.5. The lowest BCUT2D eigenvalue weighted by Crippen LogP contribution is -2.16. The van der Waals surface area contributed by atoms with E-state index in [1.165, 1.54) is 3.97 Å². The van der Waals surface area contributed by atoms with E-state index in [9.17, 15) is 8.42 Å². The van der Waals surface area contributed by atoms with E-state index in [0.717, 1.165) is 28.0 Å². The summed E-state index contributed by atoms with van der Waals surface area (Å²) >= 11 is 0. The number of benzene rings is 4. The van der Waals surface area contributed by atoms with Crippen LogP contribution in [0.3, 0.4) is 0 Å². The summed E-state index contributed by atoms with van der Waals surface area (Å²) in [5.74, 6) is 1.60. The lowest BCUT2D eigenvalue weighted by atomic mass is 10.1. The maximum atomic E-state index is 13.3. The highest BCUT2D eigenvalue weighted by Crippen LogP contribution is 2.26. The van der Waals surface area contributed by atoms with Gasteiger partial charge in [-0.3, -0.25) is 0 Å². The molecule has 1 heterocycles. The molecule has 0 saturated heterocycles. The van der Waals surface area contributed by atoms with Crippen LogP contribution in [0.5, 0.6) is 11.5 Å². The average Bonchev–Trinajstić information content (AvgIpc) is 3.28. The number of hydrogen-bond donors (Lipinski definition) is 1. The molecule has 1 aromatic heterocycles. The van der Waals surface area contributed by atoms with Gasteiger partial charge in [0.25, 0.3) is 10.0 Å². The fourth-order valence-electron chi connectivity index (χ4n) is 4.12. The van der Waals surface area contributed by atoms with Crippen LogP contribution in [0.1, 0.15) is 11.1 Å². The van der Waals surface area contributed by atoms with Crippen LogP contribution in [-0.2, 0) is 23.0 Å². The molecule has 176 valence electrons. The molecule has 6 heteroatoms. The minimum absolute atomic E-state index is 0.281. The van der Waals surface area contributed by atoms with Gasteiger partial charge in [0.15, 0.2) is 0 Å². The summed E-state index contributed by atoms with van der Waals surface area (Å²) in [4.78, 5) is 0.281.